The predicted octanol–water partition coefficient (Wildman–Crippen LogP) is 2.83. The summed E-state index contributed by atoms with van der Waals surface area (Å²) in [7, 11) is -3.77. The highest BCUT2D eigenvalue weighted by atomic mass is 127. The zero-order valence-corrected chi connectivity index (χ0v) is 27.2. The fraction of sp³-hybridized carbons (Fsp3) is 0.276. The van der Waals surface area contributed by atoms with Gasteiger partial charge in [-0.25, -0.2) is 27.2 Å². The van der Waals surface area contributed by atoms with Crippen molar-refractivity contribution in [2.24, 2.45) is 4.99 Å². The van der Waals surface area contributed by atoms with Crippen molar-refractivity contribution in [3.8, 4) is 0 Å². The van der Waals surface area contributed by atoms with Crippen LogP contribution in [0.1, 0.15) is 34.6 Å². The van der Waals surface area contributed by atoms with Crippen LogP contribution in [0.3, 0.4) is 0 Å². The number of nitrogens with two attached hydrogens (primary N) is 2. The summed E-state index contributed by atoms with van der Waals surface area (Å²) in [5.41, 5.74) is 13.8. The Hall–Kier alpha value is -4.45. The molecule has 6 rings (SSSR count). The molecule has 2 aromatic heterocycles. The summed E-state index contributed by atoms with van der Waals surface area (Å²) in [4.78, 5) is 40.6. The number of piperidine rings is 1. The van der Waals surface area contributed by atoms with E-state index in [0.29, 0.717) is 65.1 Å². The number of hydrogen-bond acceptors (Lipinski definition) is 10. The van der Waals surface area contributed by atoms with Gasteiger partial charge in [-0.2, -0.15) is 0 Å². The number of alkyl halides is 1. The van der Waals surface area contributed by atoms with Crippen LogP contribution in [0.5, 0.6) is 0 Å². The van der Waals surface area contributed by atoms with E-state index < -0.39 is 21.5 Å². The number of guanidine groups is 1. The summed E-state index contributed by atoms with van der Waals surface area (Å²) in [6, 6.07) is 13.3. The zero-order chi connectivity index (χ0) is 31.9. The third-order valence-corrected chi connectivity index (χ3v) is 10.4. The third-order valence-electron chi connectivity index (χ3n) is 8.01. The SMILES string of the molecule is Cc1ccc(S(=O)(=O)n2ccc3cc(NC(=O)N4CCC5(CC4)CN=C(NC(=O)c4nc(CI)c(N)nc4N)N5)ccc32)cc1. The molecule has 3 amide bonds. The summed E-state index contributed by atoms with van der Waals surface area (Å²) in [6.45, 7) is 3.28. The second-order valence-electron chi connectivity index (χ2n) is 11.1. The molecule has 4 aromatic rings. The molecule has 1 fully saturated rings. The molecule has 2 aliphatic rings. The van der Waals surface area contributed by atoms with E-state index in [1.807, 2.05) is 6.92 Å². The zero-order valence-electron chi connectivity index (χ0n) is 24.2. The fourth-order valence-electron chi connectivity index (χ4n) is 5.41. The molecule has 0 bridgehead atoms. The fourth-order valence-corrected chi connectivity index (χ4v) is 7.33. The van der Waals surface area contributed by atoms with E-state index in [4.69, 9.17) is 11.5 Å². The lowest BCUT2D eigenvalue weighted by molar-refractivity contribution is 0.0971. The number of benzene rings is 2. The maximum absolute atomic E-state index is 13.2. The van der Waals surface area contributed by atoms with Crippen LogP contribution in [0.4, 0.5) is 22.1 Å². The van der Waals surface area contributed by atoms with Crippen LogP contribution in [0, 0.1) is 6.92 Å². The molecule has 0 aliphatic carbocycles. The van der Waals surface area contributed by atoms with Gasteiger partial charge in [-0.1, -0.05) is 40.3 Å². The van der Waals surface area contributed by atoms with Crippen molar-refractivity contribution >= 4 is 78.7 Å². The molecule has 45 heavy (non-hydrogen) atoms. The number of aromatic nitrogens is 3. The molecule has 0 radical (unpaired) electrons. The Labute approximate surface area is 272 Å². The Kier molecular flexibility index (Phi) is 8.02. The number of nitrogen functional groups attached to an aromatic ring is 2. The largest absolute Gasteiger partial charge is 0.382 e. The number of likely N-dealkylation sites (tertiary alicyclic amines) is 1. The van der Waals surface area contributed by atoms with Crippen molar-refractivity contribution in [1.82, 2.24) is 29.5 Å². The third kappa shape index (κ3) is 5.98. The van der Waals surface area contributed by atoms with E-state index in [1.165, 1.54) is 10.2 Å². The second kappa shape index (κ2) is 11.8. The molecule has 234 valence electrons. The Bertz CT molecular complexity index is 1950. The molecule has 0 saturated carbocycles. The van der Waals surface area contributed by atoms with E-state index in [2.05, 4.69) is 53.5 Å². The molecule has 2 aromatic carbocycles. The first-order valence-electron chi connectivity index (χ1n) is 14.1. The minimum Gasteiger partial charge on any atom is -0.382 e. The number of nitrogens with zero attached hydrogens (tertiary/aromatic N) is 5. The standard InChI is InChI=1S/C29H31IN10O4S/c1-17-2-5-20(6-3-17)45(43,44)40-11-8-18-14-19(4-7-22(18)40)34-28(42)39-12-9-29(10-13-39)16-33-27(38-29)37-26(41)23-25(32)36-24(31)21(15-30)35-23/h2-8,11,14H,9-10,12-13,15-16H2,1H3,(H,34,42)(H4,31,32,36)(H2,33,37,38,41). The van der Waals surface area contributed by atoms with Gasteiger partial charge in [0.1, 0.15) is 5.82 Å². The Morgan fingerprint density at radius 2 is 1.76 bits per heavy atom. The number of fused-ring (bicyclic) bond motifs is 1. The maximum Gasteiger partial charge on any atom is 0.321 e. The van der Waals surface area contributed by atoms with Crippen LogP contribution in [0.15, 0.2) is 64.6 Å². The number of anilines is 3. The normalized spacial score (nSPS) is 16.0. The van der Waals surface area contributed by atoms with Gasteiger partial charge in [-0.3, -0.25) is 15.1 Å². The van der Waals surface area contributed by atoms with Crippen LogP contribution in [-0.4, -0.2) is 70.3 Å². The molecule has 0 unspecified atom stereocenters. The van der Waals surface area contributed by atoms with Gasteiger partial charge in [0.05, 0.1) is 28.2 Å². The van der Waals surface area contributed by atoms with Crippen molar-refractivity contribution < 1.29 is 18.0 Å². The molecule has 4 heterocycles. The van der Waals surface area contributed by atoms with Crippen LogP contribution in [-0.2, 0) is 14.5 Å². The molecular formula is C29H31IN10O4S. The molecule has 16 heteroatoms. The predicted molar refractivity (Wildman–Crippen MR) is 180 cm³/mol. The topological polar surface area (TPSA) is 203 Å². The van der Waals surface area contributed by atoms with Gasteiger partial charge in [0.25, 0.3) is 15.9 Å². The van der Waals surface area contributed by atoms with E-state index in [-0.39, 0.29) is 28.3 Å². The Morgan fingerprint density at radius 3 is 2.47 bits per heavy atom. The molecule has 1 spiro atoms. The molecule has 2 aliphatic heterocycles. The first-order chi connectivity index (χ1) is 21.5. The summed E-state index contributed by atoms with van der Waals surface area (Å²) < 4.78 is 28.2. The number of aryl methyl sites for hydroxylation is 1. The van der Waals surface area contributed by atoms with E-state index >= 15 is 0 Å². The van der Waals surface area contributed by atoms with E-state index in [0.717, 1.165) is 5.56 Å². The summed E-state index contributed by atoms with van der Waals surface area (Å²) >= 11 is 2.08. The summed E-state index contributed by atoms with van der Waals surface area (Å²) in [6.07, 6.45) is 2.75. The van der Waals surface area contributed by atoms with Gasteiger partial charge >= 0.3 is 6.03 Å². The monoisotopic (exact) mass is 742 g/mol. The number of hydrogen-bond donors (Lipinski definition) is 5. The number of aliphatic imine (C=N–C) groups is 1. The van der Waals surface area contributed by atoms with Crippen molar-refractivity contribution in [2.45, 2.75) is 34.6 Å². The first-order valence-corrected chi connectivity index (χ1v) is 17.1. The number of carbonyl (C=O) groups excluding carboxylic acids is 2. The van der Waals surface area contributed by atoms with Crippen LogP contribution < -0.4 is 27.4 Å². The number of carbonyl (C=O) groups is 2. The highest BCUT2D eigenvalue weighted by Gasteiger charge is 2.40. The van der Waals surface area contributed by atoms with Crippen molar-refractivity contribution in [3.63, 3.8) is 0 Å². The number of rotatable bonds is 5. The summed E-state index contributed by atoms with van der Waals surface area (Å²) in [5, 5.41) is 9.65. The Balaban J connectivity index is 1.05. The smallest absolute Gasteiger partial charge is 0.321 e. The van der Waals surface area contributed by atoms with Crippen LogP contribution in [0.2, 0.25) is 0 Å². The maximum atomic E-state index is 13.2. The lowest BCUT2D eigenvalue weighted by Crippen LogP contribution is -2.57. The van der Waals surface area contributed by atoms with Gasteiger partial charge in [0, 0.05) is 34.8 Å². The average molecular weight is 743 g/mol. The van der Waals surface area contributed by atoms with Crippen molar-refractivity contribution in [2.75, 3.05) is 36.4 Å². The number of halogens is 1. The highest BCUT2D eigenvalue weighted by molar-refractivity contribution is 14.1. The molecule has 1 saturated heterocycles. The minimum atomic E-state index is -3.77. The lowest BCUT2D eigenvalue weighted by atomic mass is 9.88. The molecular weight excluding hydrogens is 711 g/mol. The molecule has 0 atom stereocenters. The summed E-state index contributed by atoms with van der Waals surface area (Å²) in [5.74, 6) is -0.0911. The highest BCUT2D eigenvalue weighted by Crippen LogP contribution is 2.28. The van der Waals surface area contributed by atoms with Gasteiger partial charge in [0.15, 0.2) is 17.5 Å². The number of urea groups is 1. The van der Waals surface area contributed by atoms with Crippen LogP contribution in [0.25, 0.3) is 10.9 Å². The Morgan fingerprint density at radius 1 is 1.02 bits per heavy atom. The number of amides is 3. The van der Waals surface area contributed by atoms with E-state index in [9.17, 15) is 18.0 Å². The van der Waals surface area contributed by atoms with Crippen molar-refractivity contribution in [3.05, 3.63) is 71.7 Å². The lowest BCUT2D eigenvalue weighted by Gasteiger charge is -2.39. The van der Waals surface area contributed by atoms with Crippen molar-refractivity contribution in [1.29, 1.82) is 0 Å². The van der Waals surface area contributed by atoms with Crippen LogP contribution >= 0.6 is 22.6 Å². The second-order valence-corrected chi connectivity index (χ2v) is 13.6. The number of nitrogens with one attached hydrogen (secondary N) is 3. The van der Waals surface area contributed by atoms with Gasteiger partial charge < -0.3 is 27.0 Å². The van der Waals surface area contributed by atoms with E-state index in [1.54, 1.807) is 53.4 Å². The van der Waals surface area contributed by atoms with Gasteiger partial charge in [-0.05, 0) is 56.2 Å². The van der Waals surface area contributed by atoms with Gasteiger partial charge in [0.2, 0.25) is 0 Å². The first kappa shape index (κ1) is 30.6. The van der Waals surface area contributed by atoms with Gasteiger partial charge in [-0.15, -0.1) is 0 Å². The minimum absolute atomic E-state index is 0.0181. The molecule has 7 N–H and O–H groups in total. The quantitative estimate of drug-likeness (QED) is 0.151. The average Bonchev–Trinajstić information content (AvgIpc) is 3.62. The molecule has 14 nitrogen and oxygen atoms in total.